The van der Waals surface area contributed by atoms with Crippen LogP contribution in [0.25, 0.3) is 0 Å². The molecule has 2 aromatic carbocycles. The van der Waals surface area contributed by atoms with Gasteiger partial charge in [-0.3, -0.25) is 0 Å². The average molecular weight is 328 g/mol. The van der Waals surface area contributed by atoms with Gasteiger partial charge in [-0.1, -0.05) is 61.0 Å². The Labute approximate surface area is 143 Å². The molecule has 0 bridgehead atoms. The molecule has 2 N–H and O–H groups in total. The second-order valence-electron chi connectivity index (χ2n) is 5.93. The van der Waals surface area contributed by atoms with E-state index in [1.165, 1.54) is 5.56 Å². The molecule has 0 fully saturated rings. The van der Waals surface area contributed by atoms with Gasteiger partial charge in [0.2, 0.25) is 0 Å². The summed E-state index contributed by atoms with van der Waals surface area (Å²) in [5.41, 5.74) is 4.64. The number of amides is 2. The zero-order chi connectivity index (χ0) is 17.4. The molecule has 0 saturated carbocycles. The summed E-state index contributed by atoms with van der Waals surface area (Å²) in [4.78, 5) is 12.0. The average Bonchev–Trinajstić information content (AvgIpc) is 2.60. The zero-order valence-electron chi connectivity index (χ0n) is 14.3. The number of urea groups is 1. The molecule has 24 heavy (non-hydrogen) atoms. The topological polar surface area (TPSA) is 41.1 Å². The van der Waals surface area contributed by atoms with Gasteiger partial charge in [0.25, 0.3) is 0 Å². The van der Waals surface area contributed by atoms with Crippen LogP contribution in [0, 0.1) is 6.92 Å². The lowest BCUT2D eigenvalue weighted by Crippen LogP contribution is -2.39. The Morgan fingerprint density at radius 1 is 1.12 bits per heavy atom. The highest BCUT2D eigenvalue weighted by Crippen LogP contribution is 2.20. The second kappa shape index (κ2) is 9.06. The fourth-order valence-electron chi connectivity index (χ4n) is 2.66. The number of halogens is 1. The van der Waals surface area contributed by atoms with Crippen LogP contribution in [0.4, 0.5) is 9.18 Å². The lowest BCUT2D eigenvalue weighted by atomic mass is 9.97. The molecule has 2 amide bonds. The van der Waals surface area contributed by atoms with E-state index in [2.05, 4.69) is 47.9 Å². The lowest BCUT2D eigenvalue weighted by molar-refractivity contribution is 0.236. The fraction of sp³-hybridized carbons (Fsp3) is 0.350. The SMILES string of the molecule is CCc1ccc(CC(NC(=O)NCCF)c2cccc(C)c2)cc1. The molecular weight excluding hydrogens is 303 g/mol. The predicted octanol–water partition coefficient (Wildman–Crippen LogP) is 4.11. The molecule has 3 nitrogen and oxygen atoms in total. The number of aryl methyl sites for hydroxylation is 2. The highest BCUT2D eigenvalue weighted by molar-refractivity contribution is 5.74. The van der Waals surface area contributed by atoms with Crippen LogP contribution in [0.1, 0.15) is 35.2 Å². The molecule has 1 unspecified atom stereocenters. The van der Waals surface area contributed by atoms with Crippen molar-refractivity contribution in [3.05, 3.63) is 70.8 Å². The van der Waals surface area contributed by atoms with E-state index < -0.39 is 6.67 Å². The fourth-order valence-corrected chi connectivity index (χ4v) is 2.66. The zero-order valence-corrected chi connectivity index (χ0v) is 14.3. The maximum atomic E-state index is 12.2. The van der Waals surface area contributed by atoms with E-state index in [-0.39, 0.29) is 18.6 Å². The third-order valence-electron chi connectivity index (χ3n) is 4.00. The van der Waals surface area contributed by atoms with Crippen LogP contribution in [-0.4, -0.2) is 19.3 Å². The summed E-state index contributed by atoms with van der Waals surface area (Å²) in [7, 11) is 0. The van der Waals surface area contributed by atoms with Gasteiger partial charge in [0, 0.05) is 6.54 Å². The van der Waals surface area contributed by atoms with Crippen LogP contribution >= 0.6 is 0 Å². The summed E-state index contributed by atoms with van der Waals surface area (Å²) in [6.45, 7) is 3.61. The minimum Gasteiger partial charge on any atom is -0.336 e. The van der Waals surface area contributed by atoms with Crippen molar-refractivity contribution in [3.63, 3.8) is 0 Å². The number of carbonyl (C=O) groups excluding carboxylic acids is 1. The highest BCUT2D eigenvalue weighted by Gasteiger charge is 2.15. The van der Waals surface area contributed by atoms with Crippen molar-refractivity contribution < 1.29 is 9.18 Å². The van der Waals surface area contributed by atoms with Gasteiger partial charge >= 0.3 is 6.03 Å². The molecule has 2 aromatic rings. The largest absolute Gasteiger partial charge is 0.336 e. The van der Waals surface area contributed by atoms with Crippen LogP contribution in [0.2, 0.25) is 0 Å². The maximum Gasteiger partial charge on any atom is 0.315 e. The second-order valence-corrected chi connectivity index (χ2v) is 5.93. The first-order valence-corrected chi connectivity index (χ1v) is 8.37. The van der Waals surface area contributed by atoms with Gasteiger partial charge in [0.05, 0.1) is 6.04 Å². The van der Waals surface area contributed by atoms with Gasteiger partial charge in [-0.05, 0) is 36.5 Å². The van der Waals surface area contributed by atoms with E-state index in [0.29, 0.717) is 6.42 Å². The smallest absolute Gasteiger partial charge is 0.315 e. The van der Waals surface area contributed by atoms with Gasteiger partial charge in [-0.15, -0.1) is 0 Å². The molecule has 2 rings (SSSR count). The van der Waals surface area contributed by atoms with Crippen molar-refractivity contribution in [2.45, 2.75) is 32.7 Å². The number of benzene rings is 2. The predicted molar refractivity (Wildman–Crippen MR) is 96.0 cm³/mol. The Balaban J connectivity index is 2.16. The van der Waals surface area contributed by atoms with E-state index >= 15 is 0 Å². The van der Waals surface area contributed by atoms with Crippen molar-refractivity contribution in [2.75, 3.05) is 13.2 Å². The Morgan fingerprint density at radius 3 is 2.46 bits per heavy atom. The number of rotatable bonds is 7. The Kier molecular flexibility index (Phi) is 6.79. The number of alkyl halides is 1. The Hall–Kier alpha value is -2.36. The maximum absolute atomic E-state index is 12.2. The quantitative estimate of drug-likeness (QED) is 0.789. The van der Waals surface area contributed by atoms with Gasteiger partial charge in [0.15, 0.2) is 0 Å². The van der Waals surface area contributed by atoms with Crippen molar-refractivity contribution in [1.82, 2.24) is 10.6 Å². The third kappa shape index (κ3) is 5.37. The summed E-state index contributed by atoms with van der Waals surface area (Å²) in [6, 6.07) is 16.0. The Bertz CT molecular complexity index is 655. The van der Waals surface area contributed by atoms with Gasteiger partial charge in [0.1, 0.15) is 6.67 Å². The molecule has 128 valence electrons. The van der Waals surface area contributed by atoms with E-state index in [0.717, 1.165) is 23.1 Å². The lowest BCUT2D eigenvalue weighted by Gasteiger charge is -2.20. The molecule has 0 aromatic heterocycles. The van der Waals surface area contributed by atoms with E-state index in [9.17, 15) is 9.18 Å². The third-order valence-corrected chi connectivity index (χ3v) is 4.00. The van der Waals surface area contributed by atoms with Gasteiger partial charge < -0.3 is 10.6 Å². The summed E-state index contributed by atoms with van der Waals surface area (Å²) in [5, 5.41) is 5.48. The molecule has 0 aliphatic carbocycles. The number of hydrogen-bond acceptors (Lipinski definition) is 1. The van der Waals surface area contributed by atoms with Crippen LogP contribution in [-0.2, 0) is 12.8 Å². The van der Waals surface area contributed by atoms with Crippen molar-refractivity contribution >= 4 is 6.03 Å². The minimum atomic E-state index is -0.568. The van der Waals surface area contributed by atoms with E-state index in [1.54, 1.807) is 0 Å². The molecule has 0 aliphatic heterocycles. The van der Waals surface area contributed by atoms with Crippen molar-refractivity contribution in [3.8, 4) is 0 Å². The highest BCUT2D eigenvalue weighted by atomic mass is 19.1. The minimum absolute atomic E-state index is 0.0254. The van der Waals surface area contributed by atoms with Gasteiger partial charge in [-0.2, -0.15) is 0 Å². The van der Waals surface area contributed by atoms with Crippen LogP contribution in [0.3, 0.4) is 0 Å². The monoisotopic (exact) mass is 328 g/mol. The van der Waals surface area contributed by atoms with Crippen molar-refractivity contribution in [1.29, 1.82) is 0 Å². The summed E-state index contributed by atoms with van der Waals surface area (Å²) >= 11 is 0. The Morgan fingerprint density at radius 2 is 1.83 bits per heavy atom. The van der Waals surface area contributed by atoms with Crippen LogP contribution < -0.4 is 10.6 Å². The first-order valence-electron chi connectivity index (χ1n) is 8.37. The molecule has 0 spiro atoms. The number of hydrogen-bond donors (Lipinski definition) is 2. The molecule has 1 atom stereocenters. The molecule has 0 aliphatic rings. The molecule has 0 saturated heterocycles. The van der Waals surface area contributed by atoms with Gasteiger partial charge in [-0.25, -0.2) is 9.18 Å². The summed E-state index contributed by atoms with van der Waals surface area (Å²) in [6.07, 6.45) is 1.70. The van der Waals surface area contributed by atoms with E-state index in [4.69, 9.17) is 0 Å². The van der Waals surface area contributed by atoms with E-state index in [1.807, 2.05) is 25.1 Å². The number of nitrogens with one attached hydrogen (secondary N) is 2. The first-order chi connectivity index (χ1) is 11.6. The molecule has 4 heteroatoms. The molecule has 0 radical (unpaired) electrons. The number of carbonyl (C=O) groups is 1. The van der Waals surface area contributed by atoms with Crippen LogP contribution in [0.15, 0.2) is 48.5 Å². The van der Waals surface area contributed by atoms with Crippen LogP contribution in [0.5, 0.6) is 0 Å². The summed E-state index contributed by atoms with van der Waals surface area (Å²) < 4.78 is 12.2. The standard InChI is InChI=1S/C20H25FN2O/c1-3-16-7-9-17(10-8-16)14-19(23-20(24)22-12-11-21)18-6-4-5-15(2)13-18/h4-10,13,19H,3,11-12,14H2,1-2H3,(H2,22,23,24). The normalized spacial score (nSPS) is 11.8. The summed E-state index contributed by atoms with van der Waals surface area (Å²) in [5.74, 6) is 0. The molecule has 0 heterocycles. The van der Waals surface area contributed by atoms with Crippen molar-refractivity contribution in [2.24, 2.45) is 0 Å². The first kappa shape index (κ1) is 18.0. The molecular formula is C20H25FN2O.